The molecule has 1 aliphatic rings. The highest BCUT2D eigenvalue weighted by Gasteiger charge is 2.22. The number of hydrogen-bond donors (Lipinski definition) is 0. The van der Waals surface area contributed by atoms with E-state index in [2.05, 4.69) is 13.8 Å². The first kappa shape index (κ1) is 14.3. The van der Waals surface area contributed by atoms with E-state index in [1.807, 2.05) is 0 Å². The highest BCUT2D eigenvalue weighted by molar-refractivity contribution is 5.91. The van der Waals surface area contributed by atoms with Crippen molar-refractivity contribution >= 4 is 5.97 Å². The van der Waals surface area contributed by atoms with Gasteiger partial charge in [0.05, 0.1) is 6.61 Å². The van der Waals surface area contributed by atoms with E-state index < -0.39 is 0 Å². The van der Waals surface area contributed by atoms with Gasteiger partial charge in [-0.15, -0.1) is 0 Å². The highest BCUT2D eigenvalue weighted by atomic mass is 16.5. The van der Waals surface area contributed by atoms with Crippen LogP contribution in [-0.2, 0) is 9.53 Å². The van der Waals surface area contributed by atoms with Gasteiger partial charge >= 0.3 is 5.97 Å². The minimum Gasteiger partial charge on any atom is -0.462 e. The van der Waals surface area contributed by atoms with Gasteiger partial charge in [0.15, 0.2) is 0 Å². The second-order valence-electron chi connectivity index (χ2n) is 4.88. The van der Waals surface area contributed by atoms with Crippen molar-refractivity contribution in [3.63, 3.8) is 0 Å². The molecular formula is C15H26O2. The van der Waals surface area contributed by atoms with Crippen molar-refractivity contribution in [2.24, 2.45) is 0 Å². The molecule has 0 aliphatic carbocycles. The lowest BCUT2D eigenvalue weighted by molar-refractivity contribution is -0.135. The topological polar surface area (TPSA) is 26.3 Å². The fourth-order valence-electron chi connectivity index (χ4n) is 2.34. The maximum atomic E-state index is 11.6. The summed E-state index contributed by atoms with van der Waals surface area (Å²) < 4.78 is 5.06. The standard InChI is InChI=1S/C15H26O2/c1-3-5-7-8-10-13(9-6-4-2)14-11-12-17-15(14)16/h3-12H2,1-2H3/b14-13-. The summed E-state index contributed by atoms with van der Waals surface area (Å²) in [5.41, 5.74) is 2.38. The van der Waals surface area contributed by atoms with Crippen molar-refractivity contribution in [1.29, 1.82) is 0 Å². The Morgan fingerprint density at radius 1 is 1.06 bits per heavy atom. The minimum atomic E-state index is -0.0494. The van der Waals surface area contributed by atoms with Crippen molar-refractivity contribution < 1.29 is 9.53 Å². The number of allylic oxidation sites excluding steroid dienone is 1. The second-order valence-corrected chi connectivity index (χ2v) is 4.88. The molecule has 0 aromatic carbocycles. The zero-order chi connectivity index (χ0) is 12.5. The van der Waals surface area contributed by atoms with E-state index in [0.29, 0.717) is 6.61 Å². The Hall–Kier alpha value is -0.790. The van der Waals surface area contributed by atoms with Gasteiger partial charge in [-0.3, -0.25) is 0 Å². The molecule has 0 atom stereocenters. The smallest absolute Gasteiger partial charge is 0.334 e. The molecule has 2 heteroatoms. The number of rotatable bonds is 8. The van der Waals surface area contributed by atoms with Crippen molar-refractivity contribution in [2.75, 3.05) is 6.61 Å². The largest absolute Gasteiger partial charge is 0.462 e. The van der Waals surface area contributed by atoms with Crippen LogP contribution in [0.5, 0.6) is 0 Å². The number of hydrogen-bond acceptors (Lipinski definition) is 2. The molecule has 1 aliphatic heterocycles. The molecule has 0 bridgehead atoms. The maximum absolute atomic E-state index is 11.6. The molecule has 2 nitrogen and oxygen atoms in total. The van der Waals surface area contributed by atoms with E-state index in [1.54, 1.807) is 0 Å². The molecule has 1 saturated heterocycles. The summed E-state index contributed by atoms with van der Waals surface area (Å²) in [6, 6.07) is 0. The van der Waals surface area contributed by atoms with Crippen LogP contribution < -0.4 is 0 Å². The van der Waals surface area contributed by atoms with Crippen LogP contribution in [-0.4, -0.2) is 12.6 Å². The molecular weight excluding hydrogens is 212 g/mol. The zero-order valence-corrected chi connectivity index (χ0v) is 11.4. The van der Waals surface area contributed by atoms with Gasteiger partial charge in [-0.25, -0.2) is 4.79 Å². The van der Waals surface area contributed by atoms with Crippen molar-refractivity contribution in [3.8, 4) is 0 Å². The average Bonchev–Trinajstić information content (AvgIpc) is 2.75. The van der Waals surface area contributed by atoms with Gasteiger partial charge in [0.2, 0.25) is 0 Å². The third kappa shape index (κ3) is 4.93. The summed E-state index contributed by atoms with van der Waals surface area (Å²) in [5.74, 6) is -0.0494. The van der Waals surface area contributed by atoms with Gasteiger partial charge in [0.25, 0.3) is 0 Å². The fraction of sp³-hybridized carbons (Fsp3) is 0.800. The SMILES string of the molecule is CCCCCC/C(CCCC)=C1/CCOC1=O. The molecule has 0 saturated carbocycles. The normalized spacial score (nSPS) is 18.4. The van der Waals surface area contributed by atoms with Gasteiger partial charge in [0.1, 0.15) is 0 Å². The number of carbonyl (C=O) groups is 1. The molecule has 0 unspecified atom stereocenters. The van der Waals surface area contributed by atoms with Crippen molar-refractivity contribution in [1.82, 2.24) is 0 Å². The number of unbranched alkanes of at least 4 members (excludes halogenated alkanes) is 4. The lowest BCUT2D eigenvalue weighted by Crippen LogP contribution is -2.00. The van der Waals surface area contributed by atoms with Crippen LogP contribution >= 0.6 is 0 Å². The zero-order valence-electron chi connectivity index (χ0n) is 11.4. The molecule has 0 radical (unpaired) electrons. The number of esters is 1. The molecule has 0 N–H and O–H groups in total. The average molecular weight is 238 g/mol. The van der Waals surface area contributed by atoms with Crippen molar-refractivity contribution in [2.45, 2.75) is 71.6 Å². The minimum absolute atomic E-state index is 0.0494. The Bertz CT molecular complexity index is 266. The predicted octanol–water partition coefficient (Wildman–Crippen LogP) is 4.39. The molecule has 1 fully saturated rings. The van der Waals surface area contributed by atoms with Gasteiger partial charge in [-0.1, -0.05) is 45.1 Å². The molecule has 98 valence electrons. The fourth-order valence-corrected chi connectivity index (χ4v) is 2.34. The van der Waals surface area contributed by atoms with Gasteiger partial charge in [-0.2, -0.15) is 0 Å². The Morgan fingerprint density at radius 3 is 2.35 bits per heavy atom. The van der Waals surface area contributed by atoms with E-state index in [1.165, 1.54) is 44.1 Å². The van der Waals surface area contributed by atoms with Crippen LogP contribution in [0, 0.1) is 0 Å². The van der Waals surface area contributed by atoms with Gasteiger partial charge in [-0.05, 0) is 25.7 Å². The maximum Gasteiger partial charge on any atom is 0.334 e. The van der Waals surface area contributed by atoms with E-state index >= 15 is 0 Å². The molecule has 0 amide bonds. The highest BCUT2D eigenvalue weighted by Crippen LogP contribution is 2.26. The van der Waals surface area contributed by atoms with E-state index in [4.69, 9.17) is 4.74 Å². The van der Waals surface area contributed by atoms with E-state index in [-0.39, 0.29) is 5.97 Å². The van der Waals surface area contributed by atoms with Gasteiger partial charge in [0, 0.05) is 12.0 Å². The van der Waals surface area contributed by atoms with Crippen LogP contribution in [0.15, 0.2) is 11.1 Å². The summed E-state index contributed by atoms with van der Waals surface area (Å²) >= 11 is 0. The van der Waals surface area contributed by atoms with Gasteiger partial charge < -0.3 is 4.74 Å². The third-order valence-electron chi connectivity index (χ3n) is 3.42. The first-order valence-corrected chi connectivity index (χ1v) is 7.17. The monoisotopic (exact) mass is 238 g/mol. The summed E-state index contributed by atoms with van der Waals surface area (Å²) in [7, 11) is 0. The summed E-state index contributed by atoms with van der Waals surface area (Å²) in [4.78, 5) is 11.6. The lowest BCUT2D eigenvalue weighted by atomic mass is 9.95. The van der Waals surface area contributed by atoms with Crippen LogP contribution in [0.25, 0.3) is 0 Å². The Morgan fingerprint density at radius 2 is 1.76 bits per heavy atom. The quantitative estimate of drug-likeness (QED) is 0.356. The predicted molar refractivity (Wildman–Crippen MR) is 70.9 cm³/mol. The molecule has 0 spiro atoms. The molecule has 0 aromatic heterocycles. The Labute approximate surface area is 105 Å². The summed E-state index contributed by atoms with van der Waals surface area (Å²) in [6.45, 7) is 5.02. The molecule has 1 rings (SSSR count). The Kier molecular flexibility index (Phi) is 6.99. The first-order valence-electron chi connectivity index (χ1n) is 7.17. The molecule has 17 heavy (non-hydrogen) atoms. The summed E-state index contributed by atoms with van der Waals surface area (Å²) in [6.07, 6.45) is 10.5. The summed E-state index contributed by atoms with van der Waals surface area (Å²) in [5, 5.41) is 0. The number of cyclic esters (lactones) is 1. The van der Waals surface area contributed by atoms with Crippen LogP contribution in [0.3, 0.4) is 0 Å². The molecule has 0 aromatic rings. The van der Waals surface area contributed by atoms with Crippen LogP contribution in [0.1, 0.15) is 71.6 Å². The van der Waals surface area contributed by atoms with Crippen molar-refractivity contribution in [3.05, 3.63) is 11.1 Å². The van der Waals surface area contributed by atoms with Crippen LogP contribution in [0.2, 0.25) is 0 Å². The number of ether oxygens (including phenoxy) is 1. The number of carbonyl (C=O) groups excluding carboxylic acids is 1. The van der Waals surface area contributed by atoms with E-state index in [9.17, 15) is 4.79 Å². The lowest BCUT2D eigenvalue weighted by Gasteiger charge is -2.09. The Balaban J connectivity index is 2.50. The first-order chi connectivity index (χ1) is 8.29. The second kappa shape index (κ2) is 8.32. The van der Waals surface area contributed by atoms with E-state index in [0.717, 1.165) is 24.8 Å². The molecule has 1 heterocycles. The van der Waals surface area contributed by atoms with Crippen LogP contribution in [0.4, 0.5) is 0 Å². The third-order valence-corrected chi connectivity index (χ3v) is 3.42.